The first-order chi connectivity index (χ1) is 10.6. The molecule has 0 aliphatic carbocycles. The summed E-state index contributed by atoms with van der Waals surface area (Å²) in [6.45, 7) is 7.15. The molecule has 0 aliphatic heterocycles. The van der Waals surface area contributed by atoms with Gasteiger partial charge in [0.05, 0.1) is 0 Å². The van der Waals surface area contributed by atoms with Crippen molar-refractivity contribution in [3.05, 3.63) is 53.5 Å². The first kappa shape index (κ1) is 16.1. The van der Waals surface area contributed by atoms with E-state index in [4.69, 9.17) is 9.15 Å². The van der Waals surface area contributed by atoms with E-state index in [0.717, 1.165) is 12.2 Å². The molecule has 1 aromatic carbocycles. The van der Waals surface area contributed by atoms with Crippen LogP contribution in [0.5, 0.6) is 5.75 Å². The number of carbonyl (C=O) groups is 1. The van der Waals surface area contributed by atoms with Crippen molar-refractivity contribution >= 4 is 5.91 Å². The summed E-state index contributed by atoms with van der Waals surface area (Å²) in [7, 11) is 0. The number of carbonyl (C=O) groups excluding carboxylic acids is 1. The van der Waals surface area contributed by atoms with Gasteiger partial charge in [-0.15, -0.1) is 0 Å². The Morgan fingerprint density at radius 1 is 1.18 bits per heavy atom. The van der Waals surface area contributed by atoms with Crippen LogP contribution in [0.25, 0.3) is 0 Å². The van der Waals surface area contributed by atoms with Gasteiger partial charge >= 0.3 is 0 Å². The fourth-order valence-electron chi connectivity index (χ4n) is 1.94. The summed E-state index contributed by atoms with van der Waals surface area (Å²) in [6.07, 6.45) is 1.01. The van der Waals surface area contributed by atoms with Crippen LogP contribution in [0.3, 0.4) is 0 Å². The quantitative estimate of drug-likeness (QED) is 0.846. The molecule has 1 aromatic heterocycles. The van der Waals surface area contributed by atoms with Crippen LogP contribution < -0.4 is 10.1 Å². The Bertz CT molecular complexity index is 599. The van der Waals surface area contributed by atoms with E-state index in [1.807, 2.05) is 38.1 Å². The van der Waals surface area contributed by atoms with Crippen molar-refractivity contribution in [2.24, 2.45) is 5.92 Å². The minimum Gasteiger partial charge on any atom is -0.486 e. The molecule has 2 rings (SSSR count). The molecule has 0 saturated carbocycles. The molecule has 1 N–H and O–H groups in total. The summed E-state index contributed by atoms with van der Waals surface area (Å²) in [5.41, 5.74) is 1.27. The minimum absolute atomic E-state index is 0.188. The molecule has 0 saturated heterocycles. The van der Waals surface area contributed by atoms with Crippen molar-refractivity contribution < 1.29 is 13.9 Å². The lowest BCUT2D eigenvalue weighted by Crippen LogP contribution is -2.26. The van der Waals surface area contributed by atoms with Crippen molar-refractivity contribution in [3.63, 3.8) is 0 Å². The molecule has 0 unspecified atom stereocenters. The summed E-state index contributed by atoms with van der Waals surface area (Å²) in [6, 6.07) is 11.4. The van der Waals surface area contributed by atoms with E-state index in [1.165, 1.54) is 5.56 Å². The highest BCUT2D eigenvalue weighted by Gasteiger charge is 2.11. The van der Waals surface area contributed by atoms with Crippen LogP contribution in [-0.4, -0.2) is 12.5 Å². The van der Waals surface area contributed by atoms with Crippen molar-refractivity contribution in [2.75, 3.05) is 6.54 Å². The van der Waals surface area contributed by atoms with E-state index >= 15 is 0 Å². The molecule has 0 spiro atoms. The van der Waals surface area contributed by atoms with Gasteiger partial charge in [-0.3, -0.25) is 4.79 Å². The molecule has 4 heteroatoms. The average molecular weight is 301 g/mol. The first-order valence-electron chi connectivity index (χ1n) is 7.67. The van der Waals surface area contributed by atoms with E-state index in [1.54, 1.807) is 12.1 Å². The van der Waals surface area contributed by atoms with Crippen LogP contribution in [0.1, 0.15) is 42.6 Å². The Hall–Kier alpha value is -2.23. The van der Waals surface area contributed by atoms with Crippen molar-refractivity contribution in [1.82, 2.24) is 5.32 Å². The number of nitrogens with one attached hydrogen (secondary N) is 1. The third-order valence-corrected chi connectivity index (χ3v) is 3.27. The largest absolute Gasteiger partial charge is 0.486 e. The normalized spacial score (nSPS) is 10.7. The zero-order valence-corrected chi connectivity index (χ0v) is 13.4. The van der Waals surface area contributed by atoms with Gasteiger partial charge in [-0.2, -0.15) is 0 Å². The molecule has 0 radical (unpaired) electrons. The fourth-order valence-corrected chi connectivity index (χ4v) is 1.94. The number of furan rings is 1. The molecule has 22 heavy (non-hydrogen) atoms. The zero-order valence-electron chi connectivity index (χ0n) is 13.4. The van der Waals surface area contributed by atoms with Gasteiger partial charge < -0.3 is 14.5 Å². The molecule has 2 aromatic rings. The maximum Gasteiger partial charge on any atom is 0.287 e. The summed E-state index contributed by atoms with van der Waals surface area (Å²) in [4.78, 5) is 11.9. The second-order valence-electron chi connectivity index (χ2n) is 5.66. The Morgan fingerprint density at radius 3 is 2.55 bits per heavy atom. The Balaban J connectivity index is 1.87. The monoisotopic (exact) mass is 301 g/mol. The van der Waals surface area contributed by atoms with Gasteiger partial charge in [-0.1, -0.05) is 32.9 Å². The molecule has 118 valence electrons. The van der Waals surface area contributed by atoms with Gasteiger partial charge in [-0.25, -0.2) is 0 Å². The topological polar surface area (TPSA) is 51.5 Å². The van der Waals surface area contributed by atoms with Crippen molar-refractivity contribution in [1.29, 1.82) is 0 Å². The van der Waals surface area contributed by atoms with Crippen molar-refractivity contribution in [2.45, 2.75) is 33.8 Å². The Labute approximate surface area is 131 Å². The molecule has 0 atom stereocenters. The van der Waals surface area contributed by atoms with Crippen LogP contribution in [0, 0.1) is 5.92 Å². The van der Waals surface area contributed by atoms with Crippen LogP contribution in [-0.2, 0) is 13.0 Å². The van der Waals surface area contributed by atoms with Gasteiger partial charge in [0.2, 0.25) is 0 Å². The zero-order chi connectivity index (χ0) is 15.9. The number of benzene rings is 1. The number of amides is 1. The number of hydrogen-bond donors (Lipinski definition) is 1. The summed E-state index contributed by atoms with van der Waals surface area (Å²) < 4.78 is 11.2. The minimum atomic E-state index is -0.188. The van der Waals surface area contributed by atoms with E-state index in [-0.39, 0.29) is 5.91 Å². The van der Waals surface area contributed by atoms with Crippen LogP contribution >= 0.6 is 0 Å². The van der Waals surface area contributed by atoms with Gasteiger partial charge in [0.15, 0.2) is 5.76 Å². The number of aryl methyl sites for hydroxylation is 1. The van der Waals surface area contributed by atoms with E-state index in [0.29, 0.717) is 30.6 Å². The molecule has 1 heterocycles. The second-order valence-corrected chi connectivity index (χ2v) is 5.66. The van der Waals surface area contributed by atoms with Gasteiger partial charge in [0.1, 0.15) is 18.1 Å². The Kier molecular flexibility index (Phi) is 5.64. The molecule has 0 aliphatic rings. The maximum absolute atomic E-state index is 11.9. The smallest absolute Gasteiger partial charge is 0.287 e. The van der Waals surface area contributed by atoms with Crippen LogP contribution in [0.4, 0.5) is 0 Å². The lowest BCUT2D eigenvalue weighted by molar-refractivity contribution is 0.0917. The Morgan fingerprint density at radius 2 is 1.91 bits per heavy atom. The lowest BCUT2D eigenvalue weighted by Gasteiger charge is -2.06. The average Bonchev–Trinajstić information content (AvgIpc) is 3.00. The number of ether oxygens (including phenoxy) is 1. The predicted octanol–water partition coefficient (Wildman–Crippen LogP) is 3.81. The van der Waals surface area contributed by atoms with E-state index < -0.39 is 0 Å². The predicted molar refractivity (Wildman–Crippen MR) is 86.0 cm³/mol. The van der Waals surface area contributed by atoms with Gasteiger partial charge in [-0.05, 0) is 42.2 Å². The van der Waals surface area contributed by atoms with Crippen LogP contribution in [0.2, 0.25) is 0 Å². The van der Waals surface area contributed by atoms with Crippen molar-refractivity contribution in [3.8, 4) is 5.75 Å². The van der Waals surface area contributed by atoms with Gasteiger partial charge in [0.25, 0.3) is 5.91 Å². The first-order valence-corrected chi connectivity index (χ1v) is 7.67. The maximum atomic E-state index is 11.9. The summed E-state index contributed by atoms with van der Waals surface area (Å²) in [5.74, 6) is 1.97. The number of rotatable bonds is 7. The summed E-state index contributed by atoms with van der Waals surface area (Å²) in [5, 5.41) is 2.82. The molecular formula is C18H23NO3. The molecule has 4 nitrogen and oxygen atoms in total. The van der Waals surface area contributed by atoms with Crippen LogP contribution in [0.15, 0.2) is 40.8 Å². The van der Waals surface area contributed by atoms with Gasteiger partial charge in [0, 0.05) is 6.54 Å². The third-order valence-electron chi connectivity index (χ3n) is 3.27. The molecule has 0 fully saturated rings. The molecule has 1 amide bonds. The highest BCUT2D eigenvalue weighted by atomic mass is 16.5. The lowest BCUT2D eigenvalue weighted by atomic mass is 10.2. The van der Waals surface area contributed by atoms with E-state index in [9.17, 15) is 4.79 Å². The van der Waals surface area contributed by atoms with E-state index in [2.05, 4.69) is 12.2 Å². The third kappa shape index (κ3) is 4.65. The number of hydrogen-bond acceptors (Lipinski definition) is 3. The highest BCUT2D eigenvalue weighted by molar-refractivity contribution is 5.91. The fraction of sp³-hybridized carbons (Fsp3) is 0.389. The molecular weight excluding hydrogens is 278 g/mol. The standard InChI is InChI=1S/C18H23NO3/c1-4-14-5-7-15(8-6-14)21-12-16-9-10-17(22-16)18(20)19-11-13(2)3/h5-10,13H,4,11-12H2,1-3H3,(H,19,20). The summed E-state index contributed by atoms with van der Waals surface area (Å²) >= 11 is 0. The highest BCUT2D eigenvalue weighted by Crippen LogP contribution is 2.16. The molecule has 0 bridgehead atoms. The SMILES string of the molecule is CCc1ccc(OCc2ccc(C(=O)NCC(C)C)o2)cc1. The second kappa shape index (κ2) is 7.69.